The molecule has 0 amide bonds. The predicted octanol–water partition coefficient (Wildman–Crippen LogP) is 2.39. The number of para-hydroxylation sites is 1. The number of ether oxygens (including phenoxy) is 1. The molecule has 134 valence electrons. The molecule has 3 atom stereocenters. The first-order valence-corrected chi connectivity index (χ1v) is 10.2. The van der Waals surface area contributed by atoms with Crippen molar-refractivity contribution in [1.82, 2.24) is 4.72 Å². The Labute approximate surface area is 151 Å². The van der Waals surface area contributed by atoms with E-state index in [1.54, 1.807) is 31.7 Å². The molecular weight excluding hydrogens is 362 g/mol. The number of hydrogen-bond donors (Lipinski definition) is 2. The molecule has 1 aromatic carbocycles. The van der Waals surface area contributed by atoms with Crippen LogP contribution in [0.2, 0.25) is 0 Å². The Hall–Kier alpha value is -1.77. The Bertz CT molecular complexity index is 844. The van der Waals surface area contributed by atoms with E-state index in [0.717, 1.165) is 10.6 Å². The first-order chi connectivity index (χ1) is 11.8. The molecule has 1 aliphatic heterocycles. The summed E-state index contributed by atoms with van der Waals surface area (Å²) in [4.78, 5) is 12.3. The fraction of sp³-hybridized carbons (Fsp3) is 0.353. The third-order valence-electron chi connectivity index (χ3n) is 4.00. The highest BCUT2D eigenvalue weighted by Gasteiger charge is 2.34. The highest BCUT2D eigenvalue weighted by Crippen LogP contribution is 2.42. The lowest BCUT2D eigenvalue weighted by Crippen LogP contribution is -2.45. The maximum Gasteiger partial charge on any atom is 0.322 e. The normalized spacial score (nSPS) is 23.2. The smallest absolute Gasteiger partial charge is 0.322 e. The van der Waals surface area contributed by atoms with Crippen LogP contribution in [0.15, 0.2) is 52.3 Å². The molecule has 1 aliphatic carbocycles. The van der Waals surface area contributed by atoms with Gasteiger partial charge in [0.25, 0.3) is 0 Å². The third kappa shape index (κ3) is 3.75. The molecule has 1 heterocycles. The van der Waals surface area contributed by atoms with Crippen molar-refractivity contribution in [3.8, 4) is 5.75 Å². The highest BCUT2D eigenvalue weighted by atomic mass is 32.2. The van der Waals surface area contributed by atoms with Gasteiger partial charge in [-0.25, -0.2) is 8.42 Å². The van der Waals surface area contributed by atoms with Crippen LogP contribution in [0.25, 0.3) is 0 Å². The number of carbonyl (C=O) groups is 1. The molecule has 0 bridgehead atoms. The Morgan fingerprint density at radius 2 is 2.04 bits per heavy atom. The van der Waals surface area contributed by atoms with Crippen molar-refractivity contribution < 1.29 is 23.1 Å². The summed E-state index contributed by atoms with van der Waals surface area (Å²) in [5.74, 6) is -0.854. The van der Waals surface area contributed by atoms with E-state index >= 15 is 0 Å². The maximum absolute atomic E-state index is 12.6. The summed E-state index contributed by atoms with van der Waals surface area (Å²) in [7, 11) is -3.95. The summed E-state index contributed by atoms with van der Waals surface area (Å²) in [6, 6.07) is 6.41. The lowest BCUT2D eigenvalue weighted by Gasteiger charge is -2.32. The molecule has 0 radical (unpaired) electrons. The zero-order chi connectivity index (χ0) is 18.2. The number of hydrogen-bond acceptors (Lipinski definition) is 5. The van der Waals surface area contributed by atoms with Crippen LogP contribution in [0.5, 0.6) is 5.75 Å². The van der Waals surface area contributed by atoms with Gasteiger partial charge >= 0.3 is 5.97 Å². The van der Waals surface area contributed by atoms with Crippen LogP contribution in [0.1, 0.15) is 13.8 Å². The standard InChI is InChI=1S/C17H19NO5S2/c1-10(2)16(17(19)20)18-25(21,22)11-7-8-15-13(9-11)23-12-5-3-4-6-14(12)24-15/h3-10,13,15-16,18H,1-2H3,(H,19,20). The second-order valence-corrected chi connectivity index (χ2v) is 9.15. The minimum atomic E-state index is -3.95. The highest BCUT2D eigenvalue weighted by molar-refractivity contribution is 8.00. The number of rotatable bonds is 5. The largest absolute Gasteiger partial charge is 0.484 e. The predicted molar refractivity (Wildman–Crippen MR) is 96.0 cm³/mol. The number of benzene rings is 1. The number of allylic oxidation sites excluding steroid dienone is 1. The number of nitrogens with one attached hydrogen (secondary N) is 1. The molecule has 2 N–H and O–H groups in total. The van der Waals surface area contributed by atoms with Crippen LogP contribution in [-0.2, 0) is 14.8 Å². The summed E-state index contributed by atoms with van der Waals surface area (Å²) in [6.07, 6.45) is 4.41. The van der Waals surface area contributed by atoms with E-state index in [1.807, 2.05) is 24.3 Å². The number of fused-ring (bicyclic) bond motifs is 2. The van der Waals surface area contributed by atoms with Crippen molar-refractivity contribution in [2.45, 2.75) is 36.1 Å². The van der Waals surface area contributed by atoms with Gasteiger partial charge in [-0.05, 0) is 30.2 Å². The van der Waals surface area contributed by atoms with Crippen LogP contribution >= 0.6 is 11.8 Å². The van der Waals surface area contributed by atoms with Crippen molar-refractivity contribution in [2.24, 2.45) is 5.92 Å². The molecule has 0 saturated carbocycles. The molecule has 1 aromatic rings. The third-order valence-corrected chi connectivity index (χ3v) is 6.75. The van der Waals surface area contributed by atoms with Crippen LogP contribution in [0, 0.1) is 5.92 Å². The summed E-state index contributed by atoms with van der Waals surface area (Å²) in [5, 5.41) is 9.19. The molecule has 25 heavy (non-hydrogen) atoms. The fourth-order valence-electron chi connectivity index (χ4n) is 2.64. The number of thioether (sulfide) groups is 1. The molecule has 0 fully saturated rings. The quantitative estimate of drug-likeness (QED) is 0.814. The topological polar surface area (TPSA) is 92.7 Å². The SMILES string of the molecule is CC(C)C(NS(=O)(=O)C1=CC2Oc3ccccc3SC2C=C1)C(=O)O. The molecule has 0 aromatic heterocycles. The second-order valence-electron chi connectivity index (χ2n) is 6.22. The first kappa shape index (κ1) is 18.0. The molecule has 0 spiro atoms. The van der Waals surface area contributed by atoms with Crippen LogP contribution in [0.3, 0.4) is 0 Å². The molecule has 3 rings (SSSR count). The number of aliphatic carboxylic acids is 1. The van der Waals surface area contributed by atoms with Crippen LogP contribution in [0.4, 0.5) is 0 Å². The fourth-order valence-corrected chi connectivity index (χ4v) is 5.17. The lowest BCUT2D eigenvalue weighted by molar-refractivity contribution is -0.140. The molecule has 3 unspecified atom stereocenters. The molecule has 2 aliphatic rings. The Kier molecular flexibility index (Phi) is 4.95. The average molecular weight is 381 g/mol. The summed E-state index contributed by atoms with van der Waals surface area (Å²) in [6.45, 7) is 3.31. The van der Waals surface area contributed by atoms with E-state index in [0.29, 0.717) is 0 Å². The van der Waals surface area contributed by atoms with Gasteiger partial charge in [-0.3, -0.25) is 4.79 Å². The summed E-state index contributed by atoms with van der Waals surface area (Å²) in [5.41, 5.74) is 0. The van der Waals surface area contributed by atoms with Gasteiger partial charge in [0.05, 0.1) is 15.1 Å². The Balaban J connectivity index is 1.84. The van der Waals surface area contributed by atoms with E-state index < -0.39 is 28.1 Å². The molecule has 0 saturated heterocycles. The van der Waals surface area contributed by atoms with Gasteiger partial charge in [-0.15, -0.1) is 11.8 Å². The van der Waals surface area contributed by atoms with E-state index in [1.165, 1.54) is 12.2 Å². The van der Waals surface area contributed by atoms with Gasteiger partial charge in [0.15, 0.2) is 0 Å². The van der Waals surface area contributed by atoms with Gasteiger partial charge in [-0.1, -0.05) is 32.1 Å². The number of sulfonamides is 1. The van der Waals surface area contributed by atoms with E-state index in [9.17, 15) is 18.3 Å². The lowest BCUT2D eigenvalue weighted by atomic mass is 10.1. The molecular formula is C17H19NO5S2. The zero-order valence-electron chi connectivity index (χ0n) is 13.7. The summed E-state index contributed by atoms with van der Waals surface area (Å²) >= 11 is 1.61. The zero-order valence-corrected chi connectivity index (χ0v) is 15.4. The number of carboxylic acid groups (broad SMARTS) is 1. The molecule has 8 heteroatoms. The Morgan fingerprint density at radius 1 is 1.32 bits per heavy atom. The van der Waals surface area contributed by atoms with E-state index in [2.05, 4.69) is 4.72 Å². The minimum absolute atomic E-state index is 0.0192. The van der Waals surface area contributed by atoms with Gasteiger partial charge in [-0.2, -0.15) is 4.72 Å². The van der Waals surface area contributed by atoms with Gasteiger partial charge < -0.3 is 9.84 Å². The average Bonchev–Trinajstić information content (AvgIpc) is 2.56. The van der Waals surface area contributed by atoms with Gasteiger partial charge in [0.1, 0.15) is 17.9 Å². The van der Waals surface area contributed by atoms with Crippen LogP contribution < -0.4 is 9.46 Å². The summed E-state index contributed by atoms with van der Waals surface area (Å²) < 4.78 is 33.3. The van der Waals surface area contributed by atoms with Crippen molar-refractivity contribution >= 4 is 27.8 Å². The first-order valence-electron chi connectivity index (χ1n) is 7.85. The second kappa shape index (κ2) is 6.86. The van der Waals surface area contributed by atoms with Crippen molar-refractivity contribution in [3.63, 3.8) is 0 Å². The minimum Gasteiger partial charge on any atom is -0.484 e. The maximum atomic E-state index is 12.6. The number of carboxylic acids is 1. The van der Waals surface area contributed by atoms with Crippen LogP contribution in [-0.4, -0.2) is 36.9 Å². The van der Waals surface area contributed by atoms with Gasteiger partial charge in [0.2, 0.25) is 10.0 Å². The molecule has 6 nitrogen and oxygen atoms in total. The van der Waals surface area contributed by atoms with Gasteiger partial charge in [0, 0.05) is 0 Å². The van der Waals surface area contributed by atoms with Crippen molar-refractivity contribution in [1.29, 1.82) is 0 Å². The van der Waals surface area contributed by atoms with E-state index in [4.69, 9.17) is 4.74 Å². The van der Waals surface area contributed by atoms with E-state index in [-0.39, 0.29) is 16.1 Å². The Morgan fingerprint density at radius 3 is 2.72 bits per heavy atom. The monoisotopic (exact) mass is 381 g/mol. The van der Waals surface area contributed by atoms with Crippen molar-refractivity contribution in [2.75, 3.05) is 0 Å². The van der Waals surface area contributed by atoms with Crippen molar-refractivity contribution in [3.05, 3.63) is 47.4 Å².